The summed E-state index contributed by atoms with van der Waals surface area (Å²) in [7, 11) is 0. The van der Waals surface area contributed by atoms with Crippen molar-refractivity contribution < 1.29 is 24.5 Å². The summed E-state index contributed by atoms with van der Waals surface area (Å²) in [6.07, 6.45) is 82.9. The first-order valence-corrected chi connectivity index (χ1v) is 33.4. The number of amides is 1. The van der Waals surface area contributed by atoms with Gasteiger partial charge < -0.3 is 20.3 Å². The third kappa shape index (κ3) is 60.9. The van der Waals surface area contributed by atoms with E-state index in [4.69, 9.17) is 4.74 Å². The van der Waals surface area contributed by atoms with Crippen LogP contribution in [0.3, 0.4) is 0 Å². The Labute approximate surface area is 467 Å². The predicted octanol–water partition coefficient (Wildman–Crippen LogP) is 21.3. The number of aliphatic hydroxyl groups is 2. The van der Waals surface area contributed by atoms with Crippen LogP contribution in [0.25, 0.3) is 0 Å². The van der Waals surface area contributed by atoms with E-state index in [0.29, 0.717) is 25.9 Å². The van der Waals surface area contributed by atoms with Crippen molar-refractivity contribution in [2.24, 2.45) is 0 Å². The highest BCUT2D eigenvalue weighted by Gasteiger charge is 2.20. The fourth-order valence-electron chi connectivity index (χ4n) is 10.3. The van der Waals surface area contributed by atoms with Gasteiger partial charge in [0.05, 0.1) is 25.4 Å². The normalized spacial score (nSPS) is 12.9. The summed E-state index contributed by atoms with van der Waals surface area (Å²) in [6, 6.07) is -0.548. The van der Waals surface area contributed by atoms with Crippen LogP contribution in [0.5, 0.6) is 0 Å². The lowest BCUT2D eigenvalue weighted by atomic mass is 10.0. The maximum atomic E-state index is 12.5. The number of allylic oxidation sites excluding steroid dienone is 7. The van der Waals surface area contributed by atoms with E-state index in [2.05, 4.69) is 67.8 Å². The fourth-order valence-corrected chi connectivity index (χ4v) is 10.3. The summed E-state index contributed by atoms with van der Waals surface area (Å²) < 4.78 is 5.42. The number of ether oxygens (including phenoxy) is 1. The highest BCUT2D eigenvalue weighted by molar-refractivity contribution is 5.76. The molecule has 6 heteroatoms. The van der Waals surface area contributed by atoms with Gasteiger partial charge in [-0.2, -0.15) is 0 Å². The van der Waals surface area contributed by atoms with Gasteiger partial charge in [0, 0.05) is 12.8 Å². The predicted molar refractivity (Wildman–Crippen MR) is 329 cm³/mol. The number of esters is 1. The van der Waals surface area contributed by atoms with Crippen LogP contribution in [0.2, 0.25) is 0 Å². The zero-order valence-corrected chi connectivity index (χ0v) is 50.3. The van der Waals surface area contributed by atoms with Crippen molar-refractivity contribution in [1.82, 2.24) is 5.32 Å². The summed E-state index contributed by atoms with van der Waals surface area (Å²) in [5, 5.41) is 23.4. The van der Waals surface area contributed by atoms with Crippen LogP contribution in [0.4, 0.5) is 0 Å². The molecule has 0 aromatic rings. The SMILES string of the molecule is CCCCCC/C=C\C/C=C\CCCCCCCC(=O)OCC/C=C\C/C=C\CCCCCCCCCCCCCCCCC(=O)NC(CO)C(O)CCCCCCCCCCCCCCCCCCCCCCC. The van der Waals surface area contributed by atoms with Crippen molar-refractivity contribution in [3.63, 3.8) is 0 Å². The van der Waals surface area contributed by atoms with E-state index >= 15 is 0 Å². The molecule has 0 radical (unpaired) electrons. The number of unbranched alkanes of at least 4 members (excludes halogenated alkanes) is 43. The van der Waals surface area contributed by atoms with Gasteiger partial charge in [-0.1, -0.05) is 313 Å². The first-order chi connectivity index (χ1) is 37.0. The second kappa shape index (κ2) is 64.3. The lowest BCUT2D eigenvalue weighted by Gasteiger charge is -2.22. The van der Waals surface area contributed by atoms with Gasteiger partial charge in [0.1, 0.15) is 0 Å². The second-order valence-electron chi connectivity index (χ2n) is 22.8. The third-order valence-electron chi connectivity index (χ3n) is 15.4. The molecule has 0 spiro atoms. The van der Waals surface area contributed by atoms with Gasteiger partial charge in [-0.15, -0.1) is 0 Å². The molecule has 0 aliphatic rings. The molecule has 0 aromatic heterocycles. The molecule has 0 saturated carbocycles. The molecular formula is C69H129NO5. The number of hydrogen-bond donors (Lipinski definition) is 3. The Bertz CT molecular complexity index is 1260. The van der Waals surface area contributed by atoms with Crippen molar-refractivity contribution in [3.05, 3.63) is 48.6 Å². The van der Waals surface area contributed by atoms with Crippen LogP contribution < -0.4 is 5.32 Å². The number of nitrogens with one attached hydrogen (secondary N) is 1. The number of carbonyl (C=O) groups is 2. The Morgan fingerprint density at radius 1 is 0.373 bits per heavy atom. The molecule has 2 unspecified atom stereocenters. The van der Waals surface area contributed by atoms with Crippen molar-refractivity contribution in [2.45, 2.75) is 366 Å². The Balaban J connectivity index is 3.46. The van der Waals surface area contributed by atoms with Crippen LogP contribution in [0.15, 0.2) is 48.6 Å². The molecule has 0 aliphatic heterocycles. The summed E-state index contributed by atoms with van der Waals surface area (Å²) in [5.74, 6) is -0.0856. The number of carbonyl (C=O) groups excluding carboxylic acids is 2. The van der Waals surface area contributed by atoms with Gasteiger partial charge >= 0.3 is 5.97 Å². The fraction of sp³-hybridized carbons (Fsp3) is 0.855. The average molecular weight is 1050 g/mol. The monoisotopic (exact) mass is 1050 g/mol. The maximum absolute atomic E-state index is 12.5. The van der Waals surface area contributed by atoms with Gasteiger partial charge in [-0.3, -0.25) is 9.59 Å². The molecule has 0 heterocycles. The second-order valence-corrected chi connectivity index (χ2v) is 22.8. The lowest BCUT2D eigenvalue weighted by molar-refractivity contribution is -0.143. The Morgan fingerprint density at radius 2 is 0.667 bits per heavy atom. The first kappa shape index (κ1) is 72.8. The molecule has 0 aromatic carbocycles. The first-order valence-electron chi connectivity index (χ1n) is 33.4. The molecule has 6 nitrogen and oxygen atoms in total. The van der Waals surface area contributed by atoms with Crippen LogP contribution in [-0.2, 0) is 14.3 Å². The highest BCUT2D eigenvalue weighted by Crippen LogP contribution is 2.18. The summed E-state index contributed by atoms with van der Waals surface area (Å²) in [4.78, 5) is 24.6. The van der Waals surface area contributed by atoms with Crippen molar-refractivity contribution in [1.29, 1.82) is 0 Å². The van der Waals surface area contributed by atoms with E-state index in [-0.39, 0.29) is 18.5 Å². The Kier molecular flexibility index (Phi) is 62.5. The van der Waals surface area contributed by atoms with E-state index < -0.39 is 12.1 Å². The number of rotatable bonds is 62. The van der Waals surface area contributed by atoms with Gasteiger partial charge in [-0.25, -0.2) is 0 Å². The molecule has 0 saturated heterocycles. The molecule has 0 aliphatic carbocycles. The third-order valence-corrected chi connectivity index (χ3v) is 15.4. The van der Waals surface area contributed by atoms with E-state index in [1.165, 1.54) is 257 Å². The van der Waals surface area contributed by atoms with E-state index in [9.17, 15) is 19.8 Å². The zero-order valence-electron chi connectivity index (χ0n) is 50.3. The molecule has 0 fully saturated rings. The highest BCUT2D eigenvalue weighted by atomic mass is 16.5. The van der Waals surface area contributed by atoms with Crippen LogP contribution in [0, 0.1) is 0 Å². The molecule has 0 bridgehead atoms. The van der Waals surface area contributed by atoms with E-state index in [0.717, 1.165) is 64.2 Å². The number of hydrogen-bond acceptors (Lipinski definition) is 5. The standard InChI is InChI=1S/C69H129NO5/c1-3-5-7-9-11-13-15-17-19-21-22-24-27-30-33-37-41-45-49-53-57-61-67(72)66(65-71)70-68(73)62-58-54-50-46-42-38-34-31-28-25-23-26-29-32-36-40-44-48-52-56-60-64-75-69(74)63-59-55-51-47-43-39-35-20-18-16-14-12-10-8-6-4-2/h14,16,20,35,40,44,52,56,66-67,71-72H,3-13,15,17-19,21-34,36-39,41-43,45-51,53-55,57-65H2,1-2H3,(H,70,73)/b16-14-,35-20-,44-40-,56-52-. The van der Waals surface area contributed by atoms with Crippen LogP contribution in [0.1, 0.15) is 354 Å². The minimum absolute atomic E-state index is 0.0372. The minimum Gasteiger partial charge on any atom is -0.465 e. The van der Waals surface area contributed by atoms with E-state index in [1.54, 1.807) is 0 Å². The van der Waals surface area contributed by atoms with Crippen LogP contribution >= 0.6 is 0 Å². The average Bonchev–Trinajstić information content (AvgIpc) is 3.41. The summed E-state index contributed by atoms with van der Waals surface area (Å²) in [6.45, 7) is 4.84. The lowest BCUT2D eigenvalue weighted by Crippen LogP contribution is -2.45. The minimum atomic E-state index is -0.670. The number of aliphatic hydroxyl groups excluding tert-OH is 2. The van der Waals surface area contributed by atoms with Gasteiger partial charge in [0.25, 0.3) is 0 Å². The van der Waals surface area contributed by atoms with Gasteiger partial charge in [-0.05, 0) is 77.0 Å². The Morgan fingerprint density at radius 3 is 1.03 bits per heavy atom. The van der Waals surface area contributed by atoms with Crippen molar-refractivity contribution in [3.8, 4) is 0 Å². The molecular weight excluding hydrogens is 923 g/mol. The molecule has 75 heavy (non-hydrogen) atoms. The van der Waals surface area contributed by atoms with Gasteiger partial charge in [0.15, 0.2) is 0 Å². The topological polar surface area (TPSA) is 95.9 Å². The van der Waals surface area contributed by atoms with Crippen molar-refractivity contribution >= 4 is 11.9 Å². The summed E-state index contributed by atoms with van der Waals surface area (Å²) >= 11 is 0. The molecule has 440 valence electrons. The maximum Gasteiger partial charge on any atom is 0.305 e. The summed E-state index contributed by atoms with van der Waals surface area (Å²) in [5.41, 5.74) is 0. The van der Waals surface area contributed by atoms with Crippen molar-refractivity contribution in [2.75, 3.05) is 13.2 Å². The van der Waals surface area contributed by atoms with E-state index in [1.807, 2.05) is 0 Å². The quantitative estimate of drug-likeness (QED) is 0.0320. The largest absolute Gasteiger partial charge is 0.465 e. The molecule has 2 atom stereocenters. The zero-order chi connectivity index (χ0) is 54.3. The van der Waals surface area contributed by atoms with Gasteiger partial charge in [0.2, 0.25) is 5.91 Å². The Hall–Kier alpha value is -2.18. The molecule has 1 amide bonds. The molecule has 3 N–H and O–H groups in total. The molecule has 0 rings (SSSR count). The van der Waals surface area contributed by atoms with Crippen LogP contribution in [-0.4, -0.2) is 47.4 Å². The smallest absolute Gasteiger partial charge is 0.305 e.